The van der Waals surface area contributed by atoms with Crippen LogP contribution in [0.25, 0.3) is 22.6 Å². The highest BCUT2D eigenvalue weighted by molar-refractivity contribution is 6.04. The molecule has 29 heavy (non-hydrogen) atoms. The average Bonchev–Trinajstić information content (AvgIpc) is 3.42. The van der Waals surface area contributed by atoms with E-state index in [4.69, 9.17) is 0 Å². The first-order valence-electron chi connectivity index (χ1n) is 9.10. The first-order valence-corrected chi connectivity index (χ1v) is 9.10. The fourth-order valence-corrected chi connectivity index (χ4v) is 3.12. The number of imidazole rings is 1. The normalized spacial score (nSPS) is 10.9. The lowest BCUT2D eigenvalue weighted by Crippen LogP contribution is -2.14. The quantitative estimate of drug-likeness (QED) is 0.514. The lowest BCUT2D eigenvalue weighted by Gasteiger charge is -2.08. The predicted molar refractivity (Wildman–Crippen MR) is 110 cm³/mol. The second-order valence-electron chi connectivity index (χ2n) is 6.45. The van der Waals surface area contributed by atoms with E-state index in [1.165, 1.54) is 11.0 Å². The number of rotatable bonds is 4. The molecular weight excluding hydrogens is 364 g/mol. The summed E-state index contributed by atoms with van der Waals surface area (Å²) in [4.78, 5) is 18.8. The largest absolute Gasteiger partial charge is 0.320 e. The minimum absolute atomic E-state index is 0.235. The Hall–Kier alpha value is -4.26. The Kier molecular flexibility index (Phi) is 4.10. The Balaban J connectivity index is 1.44. The molecule has 7 nitrogen and oxygen atoms in total. The van der Waals surface area contributed by atoms with E-state index in [1.807, 2.05) is 89.6 Å². The molecule has 1 amide bonds. The van der Waals surface area contributed by atoms with Crippen LogP contribution in [0.4, 0.5) is 5.69 Å². The van der Waals surface area contributed by atoms with Gasteiger partial charge < -0.3 is 9.72 Å². The van der Waals surface area contributed by atoms with E-state index in [1.54, 1.807) is 0 Å². The minimum Gasteiger partial charge on any atom is -0.320 e. The van der Waals surface area contributed by atoms with E-state index in [2.05, 4.69) is 20.5 Å². The number of nitrogens with zero attached hydrogens (tertiary/aromatic N) is 5. The number of para-hydroxylation sites is 2. The van der Waals surface area contributed by atoms with Crippen molar-refractivity contribution in [3.8, 4) is 16.9 Å². The van der Waals surface area contributed by atoms with Crippen LogP contribution in [0.2, 0.25) is 0 Å². The van der Waals surface area contributed by atoms with Crippen molar-refractivity contribution >= 4 is 17.2 Å². The van der Waals surface area contributed by atoms with Gasteiger partial charge >= 0.3 is 0 Å². The number of amides is 1. The van der Waals surface area contributed by atoms with Crippen LogP contribution in [0, 0.1) is 0 Å². The van der Waals surface area contributed by atoms with Crippen molar-refractivity contribution < 1.29 is 4.79 Å². The van der Waals surface area contributed by atoms with Gasteiger partial charge in [0, 0.05) is 18.0 Å². The molecule has 0 bridgehead atoms. The van der Waals surface area contributed by atoms with Crippen molar-refractivity contribution in [2.45, 2.75) is 0 Å². The van der Waals surface area contributed by atoms with Gasteiger partial charge in [-0.25, -0.2) is 4.98 Å². The highest BCUT2D eigenvalue weighted by Crippen LogP contribution is 2.27. The number of carbonyl (C=O) groups excluding carboxylic acids is 1. The number of carbonyl (C=O) groups is 1. The van der Waals surface area contributed by atoms with Crippen molar-refractivity contribution in [3.63, 3.8) is 0 Å². The number of hydrogen-bond donors (Lipinski definition) is 1. The molecule has 3 aromatic heterocycles. The summed E-state index contributed by atoms with van der Waals surface area (Å²) >= 11 is 0. The molecule has 0 saturated heterocycles. The molecular formula is C22H16N6O. The number of fused-ring (bicyclic) bond motifs is 1. The van der Waals surface area contributed by atoms with Gasteiger partial charge in [-0.15, -0.1) is 5.10 Å². The summed E-state index contributed by atoms with van der Waals surface area (Å²) in [5.41, 5.74) is 4.14. The Bertz CT molecular complexity index is 1270. The van der Waals surface area contributed by atoms with Crippen molar-refractivity contribution in [1.29, 1.82) is 0 Å². The fourth-order valence-electron chi connectivity index (χ4n) is 3.12. The van der Waals surface area contributed by atoms with Gasteiger partial charge in [-0.3, -0.25) is 4.79 Å². The number of aromatic nitrogens is 5. The Morgan fingerprint density at radius 3 is 2.55 bits per heavy atom. The molecule has 0 atom stereocenters. The Morgan fingerprint density at radius 2 is 1.69 bits per heavy atom. The number of hydrogen-bond acceptors (Lipinski definition) is 4. The monoisotopic (exact) mass is 380 g/mol. The molecule has 5 aromatic rings. The van der Waals surface area contributed by atoms with Crippen LogP contribution in [0.3, 0.4) is 0 Å². The fraction of sp³-hybridized carbons (Fsp3) is 0. The summed E-state index contributed by atoms with van der Waals surface area (Å²) in [5, 5.41) is 11.4. The van der Waals surface area contributed by atoms with Gasteiger partial charge in [-0.05, 0) is 30.3 Å². The van der Waals surface area contributed by atoms with Crippen LogP contribution in [0.15, 0.2) is 91.4 Å². The van der Waals surface area contributed by atoms with E-state index in [0.29, 0.717) is 5.69 Å². The highest BCUT2D eigenvalue weighted by Gasteiger charge is 2.15. The zero-order chi connectivity index (χ0) is 19.6. The molecule has 5 rings (SSSR count). The van der Waals surface area contributed by atoms with Crippen molar-refractivity contribution in [1.82, 2.24) is 24.4 Å². The molecule has 2 aromatic carbocycles. The van der Waals surface area contributed by atoms with E-state index < -0.39 is 0 Å². The summed E-state index contributed by atoms with van der Waals surface area (Å²) in [7, 11) is 0. The third-order valence-electron chi connectivity index (χ3n) is 4.53. The standard InChI is InChI=1S/C22H16N6O/c29-22(19-14-23-28(26-19)16-8-2-1-3-9-16)25-18-11-5-4-10-17(18)20-15-27-13-7-6-12-21(27)24-20/h1-15H,(H,25,29). The molecule has 0 spiro atoms. The van der Waals surface area contributed by atoms with Crippen LogP contribution < -0.4 is 5.32 Å². The van der Waals surface area contributed by atoms with Crippen LogP contribution in [0.5, 0.6) is 0 Å². The van der Waals surface area contributed by atoms with Crippen molar-refractivity contribution in [3.05, 3.63) is 97.1 Å². The second-order valence-corrected chi connectivity index (χ2v) is 6.45. The predicted octanol–water partition coefficient (Wildman–Crippen LogP) is 3.83. The van der Waals surface area contributed by atoms with Crippen LogP contribution in [0.1, 0.15) is 10.5 Å². The summed E-state index contributed by atoms with van der Waals surface area (Å²) in [6, 6.07) is 22.8. The van der Waals surface area contributed by atoms with E-state index in [0.717, 1.165) is 22.6 Å². The van der Waals surface area contributed by atoms with Gasteiger partial charge in [0.15, 0.2) is 5.69 Å². The first-order chi connectivity index (χ1) is 14.3. The lowest BCUT2D eigenvalue weighted by atomic mass is 10.1. The SMILES string of the molecule is O=C(Nc1ccccc1-c1cn2ccccc2n1)c1cnn(-c2ccccc2)n1. The number of anilines is 1. The van der Waals surface area contributed by atoms with Crippen molar-refractivity contribution in [2.24, 2.45) is 0 Å². The van der Waals surface area contributed by atoms with Gasteiger partial charge in [0.05, 0.1) is 23.3 Å². The molecule has 0 aliphatic heterocycles. The molecule has 7 heteroatoms. The average molecular weight is 380 g/mol. The maximum atomic E-state index is 12.8. The Morgan fingerprint density at radius 1 is 0.897 bits per heavy atom. The number of benzene rings is 2. The maximum absolute atomic E-state index is 12.8. The Labute approximate surface area is 166 Å². The van der Waals surface area contributed by atoms with Gasteiger partial charge in [0.25, 0.3) is 5.91 Å². The molecule has 1 N–H and O–H groups in total. The van der Waals surface area contributed by atoms with E-state index in [9.17, 15) is 4.79 Å². The summed E-state index contributed by atoms with van der Waals surface area (Å²) in [6.07, 6.45) is 5.33. The van der Waals surface area contributed by atoms with Crippen LogP contribution in [-0.2, 0) is 0 Å². The van der Waals surface area contributed by atoms with Crippen LogP contribution >= 0.6 is 0 Å². The van der Waals surface area contributed by atoms with Gasteiger partial charge in [-0.1, -0.05) is 42.5 Å². The van der Waals surface area contributed by atoms with Crippen LogP contribution in [-0.4, -0.2) is 30.3 Å². The molecule has 0 radical (unpaired) electrons. The topological polar surface area (TPSA) is 77.1 Å². The second kappa shape index (κ2) is 7.05. The molecule has 0 saturated carbocycles. The lowest BCUT2D eigenvalue weighted by molar-refractivity contribution is 0.102. The van der Waals surface area contributed by atoms with Gasteiger partial charge in [-0.2, -0.15) is 9.90 Å². The zero-order valence-electron chi connectivity index (χ0n) is 15.3. The summed E-state index contributed by atoms with van der Waals surface area (Å²) in [5.74, 6) is -0.330. The summed E-state index contributed by atoms with van der Waals surface area (Å²) < 4.78 is 1.94. The number of nitrogens with one attached hydrogen (secondary N) is 1. The highest BCUT2D eigenvalue weighted by atomic mass is 16.2. The molecule has 3 heterocycles. The zero-order valence-corrected chi connectivity index (χ0v) is 15.3. The van der Waals surface area contributed by atoms with E-state index in [-0.39, 0.29) is 11.6 Å². The van der Waals surface area contributed by atoms with Crippen molar-refractivity contribution in [2.75, 3.05) is 5.32 Å². The first kappa shape index (κ1) is 16.9. The third-order valence-corrected chi connectivity index (χ3v) is 4.53. The minimum atomic E-state index is -0.330. The number of pyridine rings is 1. The molecule has 0 aliphatic rings. The molecule has 0 fully saturated rings. The van der Waals surface area contributed by atoms with E-state index >= 15 is 0 Å². The van der Waals surface area contributed by atoms with Gasteiger partial charge in [0.2, 0.25) is 0 Å². The maximum Gasteiger partial charge on any atom is 0.277 e. The smallest absolute Gasteiger partial charge is 0.277 e. The molecule has 0 aliphatic carbocycles. The molecule has 0 unspecified atom stereocenters. The van der Waals surface area contributed by atoms with Gasteiger partial charge in [0.1, 0.15) is 5.65 Å². The summed E-state index contributed by atoms with van der Waals surface area (Å²) in [6.45, 7) is 0. The third kappa shape index (κ3) is 3.25. The molecule has 140 valence electrons.